The van der Waals surface area contributed by atoms with E-state index in [9.17, 15) is 0 Å². The van der Waals surface area contributed by atoms with Crippen LogP contribution in [0.3, 0.4) is 0 Å². The van der Waals surface area contributed by atoms with Crippen LogP contribution in [-0.2, 0) is 6.54 Å². The lowest BCUT2D eigenvalue weighted by atomic mass is 9.79. The Bertz CT molecular complexity index is 632. The fourth-order valence-electron chi connectivity index (χ4n) is 4.55. The maximum Gasteiger partial charge on any atom is 0.0477 e. The molecule has 2 aromatic carbocycles. The van der Waals surface area contributed by atoms with Gasteiger partial charge in [0.25, 0.3) is 0 Å². The molecule has 0 bridgehead atoms. The zero-order valence-electron chi connectivity index (χ0n) is 14.5. The van der Waals surface area contributed by atoms with E-state index in [-0.39, 0.29) is 0 Å². The zero-order valence-corrected chi connectivity index (χ0v) is 14.5. The molecular formula is C22H28N2. The van der Waals surface area contributed by atoms with Crippen LogP contribution in [0.4, 0.5) is 0 Å². The van der Waals surface area contributed by atoms with Gasteiger partial charge in [-0.2, -0.15) is 0 Å². The van der Waals surface area contributed by atoms with Crippen molar-refractivity contribution < 1.29 is 0 Å². The molecule has 2 nitrogen and oxygen atoms in total. The van der Waals surface area contributed by atoms with E-state index in [1.807, 2.05) is 0 Å². The predicted molar refractivity (Wildman–Crippen MR) is 99.9 cm³/mol. The molecule has 126 valence electrons. The van der Waals surface area contributed by atoms with E-state index in [2.05, 4.69) is 70.9 Å². The molecule has 1 unspecified atom stereocenters. The lowest BCUT2D eigenvalue weighted by Gasteiger charge is -2.50. The Balaban J connectivity index is 1.59. The Morgan fingerprint density at radius 3 is 2.25 bits per heavy atom. The molecular weight excluding hydrogens is 292 g/mol. The number of piperazine rings is 1. The Hall–Kier alpha value is -1.64. The number of rotatable bonds is 3. The minimum Gasteiger partial charge on any atom is -0.308 e. The van der Waals surface area contributed by atoms with Gasteiger partial charge in [0.1, 0.15) is 0 Å². The summed E-state index contributed by atoms with van der Waals surface area (Å²) in [4.78, 5) is 2.71. The smallest absolute Gasteiger partial charge is 0.0477 e. The maximum absolute atomic E-state index is 3.96. The summed E-state index contributed by atoms with van der Waals surface area (Å²) >= 11 is 0. The lowest BCUT2D eigenvalue weighted by Crippen LogP contribution is -2.61. The SMILES string of the molecule is c1ccc(CN2CC3(CCCCC3)NCC2c2ccccc2)cc1. The highest BCUT2D eigenvalue weighted by Crippen LogP contribution is 2.36. The molecule has 1 N–H and O–H groups in total. The van der Waals surface area contributed by atoms with E-state index in [1.165, 1.54) is 49.8 Å². The van der Waals surface area contributed by atoms with Crippen LogP contribution in [0, 0.1) is 0 Å². The average Bonchev–Trinajstić information content (AvgIpc) is 2.64. The van der Waals surface area contributed by atoms with Crippen LogP contribution in [0.25, 0.3) is 0 Å². The van der Waals surface area contributed by atoms with E-state index in [0.717, 1.165) is 13.1 Å². The van der Waals surface area contributed by atoms with Gasteiger partial charge in [0.15, 0.2) is 0 Å². The minimum absolute atomic E-state index is 0.346. The molecule has 2 aromatic rings. The highest BCUT2D eigenvalue weighted by molar-refractivity contribution is 5.22. The van der Waals surface area contributed by atoms with Gasteiger partial charge in [0.2, 0.25) is 0 Å². The molecule has 0 radical (unpaired) electrons. The van der Waals surface area contributed by atoms with Crippen LogP contribution in [0.15, 0.2) is 60.7 Å². The summed E-state index contributed by atoms with van der Waals surface area (Å²) < 4.78 is 0. The van der Waals surface area contributed by atoms with E-state index in [4.69, 9.17) is 0 Å². The number of benzene rings is 2. The van der Waals surface area contributed by atoms with Crippen molar-refractivity contribution in [3.63, 3.8) is 0 Å². The van der Waals surface area contributed by atoms with Gasteiger partial charge in [0.05, 0.1) is 0 Å². The minimum atomic E-state index is 0.346. The second-order valence-corrected chi connectivity index (χ2v) is 7.54. The zero-order chi connectivity index (χ0) is 16.2. The second kappa shape index (κ2) is 7.08. The summed E-state index contributed by atoms with van der Waals surface area (Å²) in [6, 6.07) is 22.4. The number of nitrogens with zero attached hydrogens (tertiary/aromatic N) is 1. The van der Waals surface area contributed by atoms with Gasteiger partial charge in [0, 0.05) is 31.2 Å². The van der Waals surface area contributed by atoms with Crippen LogP contribution >= 0.6 is 0 Å². The Kier molecular flexibility index (Phi) is 4.68. The van der Waals surface area contributed by atoms with Crippen LogP contribution in [0.5, 0.6) is 0 Å². The number of hydrogen-bond donors (Lipinski definition) is 1. The summed E-state index contributed by atoms with van der Waals surface area (Å²) in [5, 5.41) is 3.96. The molecule has 1 saturated carbocycles. The Labute approximate surface area is 145 Å². The third kappa shape index (κ3) is 3.40. The first-order valence-corrected chi connectivity index (χ1v) is 9.43. The van der Waals surface area contributed by atoms with Crippen molar-refractivity contribution >= 4 is 0 Å². The van der Waals surface area contributed by atoms with Crippen molar-refractivity contribution in [2.24, 2.45) is 0 Å². The van der Waals surface area contributed by atoms with Gasteiger partial charge in [-0.25, -0.2) is 0 Å². The molecule has 24 heavy (non-hydrogen) atoms. The van der Waals surface area contributed by atoms with Crippen LogP contribution in [0.2, 0.25) is 0 Å². The first-order valence-electron chi connectivity index (χ1n) is 9.43. The van der Waals surface area contributed by atoms with Crippen molar-refractivity contribution in [1.82, 2.24) is 10.2 Å². The van der Waals surface area contributed by atoms with Crippen molar-refractivity contribution in [3.05, 3.63) is 71.8 Å². The van der Waals surface area contributed by atoms with Crippen LogP contribution in [0.1, 0.15) is 49.3 Å². The van der Waals surface area contributed by atoms with Gasteiger partial charge in [-0.1, -0.05) is 79.9 Å². The summed E-state index contributed by atoms with van der Waals surface area (Å²) in [6.45, 7) is 3.28. The fraction of sp³-hybridized carbons (Fsp3) is 0.455. The highest BCUT2D eigenvalue weighted by atomic mass is 15.3. The summed E-state index contributed by atoms with van der Waals surface area (Å²) in [5.74, 6) is 0. The normalized spacial score (nSPS) is 24.1. The maximum atomic E-state index is 3.96. The monoisotopic (exact) mass is 320 g/mol. The third-order valence-electron chi connectivity index (χ3n) is 5.84. The van der Waals surface area contributed by atoms with Crippen LogP contribution < -0.4 is 5.32 Å². The largest absolute Gasteiger partial charge is 0.308 e. The quantitative estimate of drug-likeness (QED) is 0.893. The topological polar surface area (TPSA) is 15.3 Å². The molecule has 2 heteroatoms. The summed E-state index contributed by atoms with van der Waals surface area (Å²) in [6.07, 6.45) is 6.83. The first kappa shape index (κ1) is 15.9. The summed E-state index contributed by atoms with van der Waals surface area (Å²) in [7, 11) is 0. The van der Waals surface area contributed by atoms with Crippen molar-refractivity contribution in [3.8, 4) is 0 Å². The van der Waals surface area contributed by atoms with Crippen molar-refractivity contribution in [1.29, 1.82) is 0 Å². The van der Waals surface area contributed by atoms with E-state index in [1.54, 1.807) is 0 Å². The molecule has 0 aromatic heterocycles. The molecule has 1 aliphatic carbocycles. The highest BCUT2D eigenvalue weighted by Gasteiger charge is 2.40. The Morgan fingerprint density at radius 1 is 0.875 bits per heavy atom. The van der Waals surface area contributed by atoms with Crippen LogP contribution in [-0.4, -0.2) is 23.5 Å². The number of nitrogens with one attached hydrogen (secondary N) is 1. The van der Waals surface area contributed by atoms with Crippen molar-refractivity contribution in [2.75, 3.05) is 13.1 Å². The summed E-state index contributed by atoms with van der Waals surface area (Å²) in [5.41, 5.74) is 3.20. The van der Waals surface area contributed by atoms with E-state index >= 15 is 0 Å². The molecule has 0 amide bonds. The molecule has 1 saturated heterocycles. The molecule has 1 aliphatic heterocycles. The molecule has 1 spiro atoms. The second-order valence-electron chi connectivity index (χ2n) is 7.54. The van der Waals surface area contributed by atoms with Gasteiger partial charge in [-0.05, 0) is 24.0 Å². The Morgan fingerprint density at radius 2 is 1.54 bits per heavy atom. The predicted octanol–water partition coefficient (Wildman–Crippen LogP) is 4.54. The van der Waals surface area contributed by atoms with Gasteiger partial charge >= 0.3 is 0 Å². The first-order chi connectivity index (χ1) is 11.8. The number of hydrogen-bond acceptors (Lipinski definition) is 2. The molecule has 2 fully saturated rings. The third-order valence-corrected chi connectivity index (χ3v) is 5.84. The standard InChI is InChI=1S/C22H28N2/c1-4-10-19(11-5-1)17-24-18-22(14-8-3-9-15-22)23-16-21(24)20-12-6-2-7-13-20/h1-2,4-7,10-13,21,23H,3,8-9,14-18H2. The molecule has 2 aliphatic rings. The average molecular weight is 320 g/mol. The fourth-order valence-corrected chi connectivity index (χ4v) is 4.55. The van der Waals surface area contributed by atoms with E-state index < -0.39 is 0 Å². The van der Waals surface area contributed by atoms with E-state index in [0.29, 0.717) is 11.6 Å². The van der Waals surface area contributed by atoms with Gasteiger partial charge < -0.3 is 5.32 Å². The van der Waals surface area contributed by atoms with Crippen molar-refractivity contribution in [2.45, 2.75) is 50.2 Å². The lowest BCUT2D eigenvalue weighted by molar-refractivity contribution is 0.0494. The van der Waals surface area contributed by atoms with Gasteiger partial charge in [-0.3, -0.25) is 4.90 Å². The molecule has 4 rings (SSSR count). The van der Waals surface area contributed by atoms with Gasteiger partial charge in [-0.15, -0.1) is 0 Å². The molecule has 1 atom stereocenters. The molecule has 1 heterocycles.